The highest BCUT2D eigenvalue weighted by atomic mass is 35.5. The van der Waals surface area contributed by atoms with Gasteiger partial charge in [-0.15, -0.1) is 11.6 Å². The summed E-state index contributed by atoms with van der Waals surface area (Å²) in [6.07, 6.45) is 0.541. The summed E-state index contributed by atoms with van der Waals surface area (Å²) in [6.45, 7) is 2.02. The molecule has 1 rings (SSSR count). The van der Waals surface area contributed by atoms with E-state index in [2.05, 4.69) is 4.90 Å². The lowest BCUT2D eigenvalue weighted by molar-refractivity contribution is -0.385. The van der Waals surface area contributed by atoms with E-state index in [9.17, 15) is 10.1 Å². The van der Waals surface area contributed by atoms with Crippen LogP contribution in [-0.2, 0) is 0 Å². The number of benzene rings is 1. The first kappa shape index (κ1) is 19.5. The first-order chi connectivity index (χ1) is 10.8. The van der Waals surface area contributed by atoms with Crippen molar-refractivity contribution in [3.05, 3.63) is 27.8 Å². The molecule has 0 aromatic heterocycles. The lowest BCUT2D eigenvalue weighted by Gasteiger charge is -2.26. The minimum atomic E-state index is -0.460. The van der Waals surface area contributed by atoms with Crippen molar-refractivity contribution in [1.29, 1.82) is 0 Å². The van der Waals surface area contributed by atoms with Crippen molar-refractivity contribution in [3.63, 3.8) is 0 Å². The number of methoxy groups -OCH3 is 1. The molecule has 1 aromatic rings. The van der Waals surface area contributed by atoms with Crippen molar-refractivity contribution in [2.24, 2.45) is 5.73 Å². The predicted octanol–water partition coefficient (Wildman–Crippen LogP) is 2.23. The maximum absolute atomic E-state index is 11.2. The Hall–Kier alpha value is -1.57. The summed E-state index contributed by atoms with van der Waals surface area (Å²) < 4.78 is 5.17. The van der Waals surface area contributed by atoms with Crippen LogP contribution in [0, 0.1) is 10.1 Å². The van der Waals surface area contributed by atoms with Gasteiger partial charge in [-0.1, -0.05) is 0 Å². The number of rotatable bonds is 9. The molecule has 8 heteroatoms. The zero-order chi connectivity index (χ0) is 17.6. The van der Waals surface area contributed by atoms with Gasteiger partial charge in [-0.05, 0) is 27.1 Å². The zero-order valence-corrected chi connectivity index (χ0v) is 14.8. The molecule has 7 nitrogen and oxygen atoms in total. The van der Waals surface area contributed by atoms with Gasteiger partial charge in [-0.3, -0.25) is 10.1 Å². The number of nitrogens with two attached hydrogens (primary N) is 1. The van der Waals surface area contributed by atoms with Gasteiger partial charge in [0.05, 0.1) is 17.4 Å². The minimum absolute atomic E-state index is 0.0880. The van der Waals surface area contributed by atoms with Gasteiger partial charge in [-0.25, -0.2) is 0 Å². The van der Waals surface area contributed by atoms with Crippen molar-refractivity contribution in [2.75, 3.05) is 52.8 Å². The molecule has 1 atom stereocenters. The van der Waals surface area contributed by atoms with Crippen LogP contribution in [0.2, 0.25) is 0 Å². The van der Waals surface area contributed by atoms with E-state index in [1.54, 1.807) is 6.07 Å². The SMILES string of the molecule is COc1cc(N(C)CCN(C)C)c(C(Cl)CCN)cc1[N+](=O)[O-]. The van der Waals surface area contributed by atoms with E-state index in [-0.39, 0.29) is 16.8 Å². The molecular formula is C15H25ClN4O3. The molecule has 0 heterocycles. The Morgan fingerprint density at radius 3 is 2.48 bits per heavy atom. The monoisotopic (exact) mass is 344 g/mol. The smallest absolute Gasteiger partial charge is 0.311 e. The highest BCUT2D eigenvalue weighted by Crippen LogP contribution is 2.40. The number of nitrogens with zero attached hydrogens (tertiary/aromatic N) is 3. The van der Waals surface area contributed by atoms with Gasteiger partial charge in [0.15, 0.2) is 5.75 Å². The quantitative estimate of drug-likeness (QED) is 0.420. The largest absolute Gasteiger partial charge is 0.490 e. The number of hydrogen-bond acceptors (Lipinski definition) is 6. The van der Waals surface area contributed by atoms with E-state index in [1.807, 2.05) is 26.0 Å². The Morgan fingerprint density at radius 2 is 2.00 bits per heavy atom. The summed E-state index contributed by atoms with van der Waals surface area (Å²) in [5.41, 5.74) is 7.02. The number of alkyl halides is 1. The third kappa shape index (κ3) is 5.23. The Balaban J connectivity index is 3.30. The first-order valence-corrected chi connectivity index (χ1v) is 7.81. The van der Waals surface area contributed by atoms with Crippen LogP contribution in [0.1, 0.15) is 17.4 Å². The molecule has 0 saturated carbocycles. The number of nitro benzene ring substituents is 1. The Bertz CT molecular complexity index is 540. The van der Waals surface area contributed by atoms with Crippen LogP contribution in [-0.4, -0.2) is 57.7 Å². The molecule has 130 valence electrons. The van der Waals surface area contributed by atoms with E-state index in [0.29, 0.717) is 18.5 Å². The van der Waals surface area contributed by atoms with E-state index < -0.39 is 4.92 Å². The van der Waals surface area contributed by atoms with Crippen LogP contribution in [0.3, 0.4) is 0 Å². The summed E-state index contributed by atoms with van der Waals surface area (Å²) in [5, 5.41) is 10.9. The summed E-state index contributed by atoms with van der Waals surface area (Å²) in [4.78, 5) is 14.9. The molecule has 1 aromatic carbocycles. The second-order valence-corrected chi connectivity index (χ2v) is 6.14. The second kappa shape index (κ2) is 8.90. The molecule has 1 unspecified atom stereocenters. The maximum Gasteiger partial charge on any atom is 0.311 e. The van der Waals surface area contributed by atoms with Gasteiger partial charge in [-0.2, -0.15) is 0 Å². The van der Waals surface area contributed by atoms with Crippen molar-refractivity contribution in [3.8, 4) is 5.75 Å². The van der Waals surface area contributed by atoms with Gasteiger partial charge >= 0.3 is 5.69 Å². The molecule has 0 aliphatic carbocycles. The molecule has 0 radical (unpaired) electrons. The number of nitro groups is 1. The zero-order valence-electron chi connectivity index (χ0n) is 14.1. The summed E-state index contributed by atoms with van der Waals surface area (Å²) in [7, 11) is 7.33. The van der Waals surface area contributed by atoms with E-state index in [0.717, 1.165) is 18.8 Å². The van der Waals surface area contributed by atoms with Crippen molar-refractivity contribution in [1.82, 2.24) is 4.90 Å². The average Bonchev–Trinajstić information content (AvgIpc) is 2.51. The number of halogens is 1. The van der Waals surface area contributed by atoms with Crippen LogP contribution < -0.4 is 15.4 Å². The molecule has 0 saturated heterocycles. The lowest BCUT2D eigenvalue weighted by Crippen LogP contribution is -2.29. The lowest BCUT2D eigenvalue weighted by atomic mass is 10.0. The van der Waals surface area contributed by atoms with Gasteiger partial charge in [0.2, 0.25) is 0 Å². The number of likely N-dealkylation sites (N-methyl/N-ethyl adjacent to an activating group) is 2. The molecule has 0 bridgehead atoms. The summed E-state index contributed by atoms with van der Waals surface area (Å²) >= 11 is 6.41. The first-order valence-electron chi connectivity index (χ1n) is 7.38. The molecular weight excluding hydrogens is 320 g/mol. The second-order valence-electron chi connectivity index (χ2n) is 5.61. The highest BCUT2D eigenvalue weighted by Gasteiger charge is 2.24. The van der Waals surface area contributed by atoms with Crippen LogP contribution in [0.25, 0.3) is 0 Å². The molecule has 23 heavy (non-hydrogen) atoms. The standard InChI is InChI=1S/C15H25ClN4O3/c1-18(2)7-8-19(3)13-10-15(23-4)14(20(21)22)9-11(13)12(16)5-6-17/h9-10,12H,5-8,17H2,1-4H3. The van der Waals surface area contributed by atoms with Crippen molar-refractivity contribution >= 4 is 23.0 Å². The van der Waals surface area contributed by atoms with Crippen LogP contribution in [0.15, 0.2) is 12.1 Å². The number of ether oxygens (including phenoxy) is 1. The van der Waals surface area contributed by atoms with Gasteiger partial charge in [0.1, 0.15) is 0 Å². The highest BCUT2D eigenvalue weighted by molar-refractivity contribution is 6.21. The fraction of sp³-hybridized carbons (Fsp3) is 0.600. The summed E-state index contributed by atoms with van der Waals surface area (Å²) in [5.74, 6) is 0.224. The van der Waals surface area contributed by atoms with Crippen LogP contribution in [0.5, 0.6) is 5.75 Å². The van der Waals surface area contributed by atoms with E-state index in [1.165, 1.54) is 13.2 Å². The number of hydrogen-bond donors (Lipinski definition) is 1. The maximum atomic E-state index is 11.2. The molecule has 0 aliphatic rings. The molecule has 2 N–H and O–H groups in total. The van der Waals surface area contributed by atoms with Crippen molar-refractivity contribution in [2.45, 2.75) is 11.8 Å². The molecule has 0 aliphatic heterocycles. The van der Waals surface area contributed by atoms with Gasteiger partial charge in [0, 0.05) is 43.5 Å². The minimum Gasteiger partial charge on any atom is -0.490 e. The normalized spacial score (nSPS) is 12.3. The molecule has 0 spiro atoms. The Labute approximate surface area is 142 Å². The van der Waals surface area contributed by atoms with Crippen LogP contribution >= 0.6 is 11.6 Å². The fourth-order valence-corrected chi connectivity index (χ4v) is 2.53. The fourth-order valence-electron chi connectivity index (χ4n) is 2.23. The van der Waals surface area contributed by atoms with Crippen LogP contribution in [0.4, 0.5) is 11.4 Å². The molecule has 0 amide bonds. The van der Waals surface area contributed by atoms with E-state index >= 15 is 0 Å². The topological polar surface area (TPSA) is 84.9 Å². The summed E-state index contributed by atoms with van der Waals surface area (Å²) in [6, 6.07) is 3.17. The number of anilines is 1. The predicted molar refractivity (Wildman–Crippen MR) is 93.7 cm³/mol. The van der Waals surface area contributed by atoms with Crippen molar-refractivity contribution < 1.29 is 9.66 Å². The van der Waals surface area contributed by atoms with Gasteiger partial charge < -0.3 is 20.3 Å². The molecule has 0 fully saturated rings. The third-order valence-electron chi connectivity index (χ3n) is 3.58. The van der Waals surface area contributed by atoms with Gasteiger partial charge in [0.25, 0.3) is 0 Å². The third-order valence-corrected chi connectivity index (χ3v) is 4.03. The Morgan fingerprint density at radius 1 is 1.35 bits per heavy atom. The Kier molecular flexibility index (Phi) is 7.54. The average molecular weight is 345 g/mol. The van der Waals surface area contributed by atoms with E-state index in [4.69, 9.17) is 22.1 Å².